The zero-order chi connectivity index (χ0) is 32.7. The number of aliphatic hydroxyl groups excluding tert-OH is 1. The molecule has 0 aromatic heterocycles. The number of carbonyl (C=O) groups excluding carboxylic acids is 1. The highest BCUT2D eigenvalue weighted by molar-refractivity contribution is 7.90. The fourth-order valence-electron chi connectivity index (χ4n) is 13.9. The minimum absolute atomic E-state index is 0.00317. The summed E-state index contributed by atoms with van der Waals surface area (Å²) in [5, 5.41) is 12.3. The smallest absolute Gasteiger partial charge is 0.223 e. The van der Waals surface area contributed by atoms with Gasteiger partial charge < -0.3 is 24.2 Å². The van der Waals surface area contributed by atoms with Gasteiger partial charge in [-0.15, -0.1) is 0 Å². The maximum Gasteiger partial charge on any atom is 0.223 e. The minimum Gasteiger partial charge on any atom is -0.390 e. The van der Waals surface area contributed by atoms with Crippen molar-refractivity contribution in [1.82, 2.24) is 4.90 Å². The Morgan fingerprint density at radius 2 is 1.72 bits per heavy atom. The molecule has 1 N–H and O–H groups in total. The Morgan fingerprint density at radius 1 is 1.00 bits per heavy atom. The third-order valence-corrected chi connectivity index (χ3v) is 17.1. The zero-order valence-electron chi connectivity index (χ0n) is 29.1. The summed E-state index contributed by atoms with van der Waals surface area (Å²) >= 11 is 0. The average Bonchev–Trinajstić information content (AvgIpc) is 3.89. The van der Waals surface area contributed by atoms with Crippen LogP contribution in [0.25, 0.3) is 0 Å². The summed E-state index contributed by atoms with van der Waals surface area (Å²) in [5.41, 5.74) is 0.256. The van der Waals surface area contributed by atoms with E-state index in [1.54, 1.807) is 0 Å². The van der Waals surface area contributed by atoms with Gasteiger partial charge in [0.2, 0.25) is 5.91 Å². The van der Waals surface area contributed by atoms with E-state index >= 15 is 0 Å². The molecule has 0 aromatic rings. The first kappa shape index (κ1) is 32.5. The number of morpholine rings is 1. The van der Waals surface area contributed by atoms with Gasteiger partial charge in [-0.1, -0.05) is 34.6 Å². The molecule has 2 saturated heterocycles. The van der Waals surface area contributed by atoms with Crippen LogP contribution in [0.2, 0.25) is 0 Å². The normalized spacial score (nSPS) is 52.5. The summed E-state index contributed by atoms with van der Waals surface area (Å²) in [4.78, 5) is 14.8. The quantitative estimate of drug-likeness (QED) is 0.417. The summed E-state index contributed by atoms with van der Waals surface area (Å²) in [7, 11) is -3.16. The molecule has 13 atom stereocenters. The molecular weight excluding hydrogens is 602 g/mol. The summed E-state index contributed by atoms with van der Waals surface area (Å²) < 4.78 is 44.0. The van der Waals surface area contributed by atoms with E-state index in [9.17, 15) is 18.3 Å². The number of hydrogen-bond donors (Lipinski definition) is 1. The Morgan fingerprint density at radius 3 is 2.43 bits per heavy atom. The van der Waals surface area contributed by atoms with Crippen LogP contribution in [0.3, 0.4) is 0 Å². The topological polar surface area (TPSA) is 102 Å². The predicted octanol–water partition coefficient (Wildman–Crippen LogP) is 5.21. The van der Waals surface area contributed by atoms with Gasteiger partial charge in [-0.2, -0.15) is 0 Å². The second-order valence-electron chi connectivity index (χ2n) is 18.6. The van der Waals surface area contributed by atoms with Gasteiger partial charge >= 0.3 is 0 Å². The molecule has 13 unspecified atom stereocenters. The summed E-state index contributed by atoms with van der Waals surface area (Å²) in [6, 6.07) is 0. The van der Waals surface area contributed by atoms with Crippen LogP contribution >= 0.6 is 0 Å². The molecule has 2 aliphatic heterocycles. The van der Waals surface area contributed by atoms with Gasteiger partial charge in [0.15, 0.2) is 6.29 Å². The lowest BCUT2D eigenvalue weighted by atomic mass is 9.41. The number of rotatable bonds is 6. The standard InChI is InChI=1S/C37H59NO7S/c1-22-17-24(20-46(6,41)42)44-31-30(22)34(4)13-14-37-21-36(37)12-11-27(33(2,3)25(36)9-10-26(37)35(34,5)32(31)40)45-29-19-38(15-16-43-29)28(39)18-23-7-8-23/h22-27,29-32,40H,7-21H2,1-6H3. The number of ether oxygens (including phenoxy) is 3. The van der Waals surface area contributed by atoms with Crippen molar-refractivity contribution in [3.05, 3.63) is 0 Å². The second kappa shape index (κ2) is 10.4. The molecule has 8 rings (SSSR count). The van der Waals surface area contributed by atoms with Crippen LogP contribution in [-0.2, 0) is 28.8 Å². The van der Waals surface area contributed by atoms with Crippen LogP contribution in [0, 0.1) is 56.7 Å². The van der Waals surface area contributed by atoms with Gasteiger partial charge in [0.1, 0.15) is 9.84 Å². The van der Waals surface area contributed by atoms with Crippen molar-refractivity contribution in [2.45, 2.75) is 136 Å². The first-order valence-electron chi connectivity index (χ1n) is 18.6. The van der Waals surface area contributed by atoms with Crippen molar-refractivity contribution in [2.75, 3.05) is 31.7 Å². The molecule has 2 spiro atoms. The molecule has 0 bridgehead atoms. The maximum atomic E-state index is 12.9. The summed E-state index contributed by atoms with van der Waals surface area (Å²) in [6.07, 6.45) is 11.7. The number of aliphatic hydroxyl groups is 1. The van der Waals surface area contributed by atoms with Crippen molar-refractivity contribution in [1.29, 1.82) is 0 Å². The molecule has 1 amide bonds. The first-order valence-corrected chi connectivity index (χ1v) is 20.7. The van der Waals surface area contributed by atoms with Crippen LogP contribution in [0.15, 0.2) is 0 Å². The predicted molar refractivity (Wildman–Crippen MR) is 174 cm³/mol. The van der Waals surface area contributed by atoms with E-state index < -0.39 is 15.9 Å². The highest BCUT2D eigenvalue weighted by Crippen LogP contribution is 2.89. The fraction of sp³-hybridized carbons (Fsp3) is 0.973. The van der Waals surface area contributed by atoms with E-state index in [0.29, 0.717) is 55.2 Å². The number of carbonyl (C=O) groups is 1. The van der Waals surface area contributed by atoms with Crippen molar-refractivity contribution < 1.29 is 32.5 Å². The fourth-order valence-corrected chi connectivity index (χ4v) is 14.8. The van der Waals surface area contributed by atoms with Crippen LogP contribution < -0.4 is 0 Å². The number of hydrogen-bond acceptors (Lipinski definition) is 7. The van der Waals surface area contributed by atoms with Crippen LogP contribution in [-0.4, -0.2) is 86.7 Å². The van der Waals surface area contributed by atoms with Crippen LogP contribution in [0.5, 0.6) is 0 Å². The van der Waals surface area contributed by atoms with Crippen molar-refractivity contribution in [3.8, 4) is 0 Å². The van der Waals surface area contributed by atoms with E-state index in [-0.39, 0.29) is 63.8 Å². The highest BCUT2D eigenvalue weighted by atomic mass is 32.2. The van der Waals surface area contributed by atoms with Crippen molar-refractivity contribution >= 4 is 15.7 Å². The van der Waals surface area contributed by atoms with E-state index in [1.165, 1.54) is 38.4 Å². The molecule has 6 aliphatic carbocycles. The molecular formula is C37H59NO7S. The second-order valence-corrected chi connectivity index (χ2v) is 20.8. The third kappa shape index (κ3) is 4.48. The van der Waals surface area contributed by atoms with Crippen molar-refractivity contribution in [2.24, 2.45) is 56.7 Å². The SMILES string of the molecule is CC1CC(CS(C)(=O)=O)OC2C1C1(C)CCC34CC35CCC(OC3CN(C(=O)CC6CC6)CCO3)C(C)(C)C5CCC4C1(C)C2O. The number of sulfone groups is 1. The molecule has 8 fully saturated rings. The summed E-state index contributed by atoms with van der Waals surface area (Å²) in [6.45, 7) is 13.7. The van der Waals surface area contributed by atoms with E-state index in [2.05, 4.69) is 34.6 Å². The van der Waals surface area contributed by atoms with E-state index in [0.717, 1.165) is 32.1 Å². The molecule has 0 aromatic carbocycles. The number of amides is 1. The third-order valence-electron chi connectivity index (χ3n) is 16.2. The molecule has 6 saturated carbocycles. The molecule has 2 heterocycles. The molecule has 8 nitrogen and oxygen atoms in total. The lowest BCUT2D eigenvalue weighted by molar-refractivity contribution is -0.248. The molecule has 9 heteroatoms. The lowest BCUT2D eigenvalue weighted by Gasteiger charge is -2.64. The Balaban J connectivity index is 1.01. The largest absolute Gasteiger partial charge is 0.390 e. The summed E-state index contributed by atoms with van der Waals surface area (Å²) in [5.74, 6) is 2.47. The van der Waals surface area contributed by atoms with Gasteiger partial charge in [0.25, 0.3) is 0 Å². The van der Waals surface area contributed by atoms with Gasteiger partial charge in [0, 0.05) is 24.6 Å². The lowest BCUT2D eigenvalue weighted by Crippen LogP contribution is -2.60. The number of fused-ring (bicyclic) bond motifs is 4. The maximum absolute atomic E-state index is 12.9. The average molecular weight is 662 g/mol. The van der Waals surface area contributed by atoms with Crippen LogP contribution in [0.1, 0.15) is 105 Å². The zero-order valence-corrected chi connectivity index (χ0v) is 29.9. The highest BCUT2D eigenvalue weighted by Gasteiger charge is 2.84. The molecule has 260 valence electrons. The van der Waals surface area contributed by atoms with Gasteiger partial charge in [0.05, 0.1) is 43.3 Å². The van der Waals surface area contributed by atoms with Crippen LogP contribution in [0.4, 0.5) is 0 Å². The van der Waals surface area contributed by atoms with Gasteiger partial charge in [-0.25, -0.2) is 8.42 Å². The Labute approximate surface area is 277 Å². The Kier molecular flexibility index (Phi) is 7.34. The minimum atomic E-state index is -3.16. The monoisotopic (exact) mass is 661 g/mol. The van der Waals surface area contributed by atoms with Gasteiger partial charge in [-0.3, -0.25) is 4.79 Å². The molecule has 0 radical (unpaired) electrons. The van der Waals surface area contributed by atoms with E-state index in [1.807, 2.05) is 4.90 Å². The van der Waals surface area contributed by atoms with Gasteiger partial charge in [-0.05, 0) is 115 Å². The molecule has 46 heavy (non-hydrogen) atoms. The molecule has 8 aliphatic rings. The number of nitrogens with zero attached hydrogens (tertiary/aromatic N) is 1. The van der Waals surface area contributed by atoms with Crippen molar-refractivity contribution in [3.63, 3.8) is 0 Å². The Hall–Kier alpha value is -0.740. The first-order chi connectivity index (χ1) is 21.6. The van der Waals surface area contributed by atoms with E-state index in [4.69, 9.17) is 14.2 Å². The Bertz CT molecular complexity index is 1360.